The number of benzene rings is 1. The molecule has 14 heavy (non-hydrogen) atoms. The first-order valence-electron chi connectivity index (χ1n) is 4.15. The largest absolute Gasteiger partial charge is 0.285 e. The summed E-state index contributed by atoms with van der Waals surface area (Å²) in [5.74, 6) is 0. The van der Waals surface area contributed by atoms with E-state index in [-0.39, 0.29) is 0 Å². The number of aromatic amines is 1. The first-order valence-corrected chi connectivity index (χ1v) is 4.93. The summed E-state index contributed by atoms with van der Waals surface area (Å²) in [6, 6.07) is 6.04. The van der Waals surface area contributed by atoms with E-state index >= 15 is 0 Å². The topological polar surface area (TPSA) is 54.5 Å². The third-order valence-electron chi connectivity index (χ3n) is 2.09. The molecule has 3 rings (SSSR count). The van der Waals surface area contributed by atoms with Crippen molar-refractivity contribution in [1.29, 1.82) is 0 Å². The van der Waals surface area contributed by atoms with Crippen LogP contribution in [0.1, 0.15) is 0 Å². The molecule has 1 aromatic carbocycles. The molecule has 0 aliphatic rings. The van der Waals surface area contributed by atoms with E-state index in [1.807, 2.05) is 24.4 Å². The van der Waals surface area contributed by atoms with Crippen LogP contribution in [-0.4, -0.2) is 19.8 Å². The Labute approximate surface area is 83.8 Å². The normalized spacial score (nSPS) is 10.9. The molecule has 5 heteroatoms. The molecule has 3 aromatic rings. The Morgan fingerprint density at radius 2 is 2.29 bits per heavy atom. The summed E-state index contributed by atoms with van der Waals surface area (Å²) >= 11 is 1.41. The van der Waals surface area contributed by atoms with Gasteiger partial charge in [-0.25, -0.2) is 0 Å². The zero-order valence-electron chi connectivity index (χ0n) is 7.14. The summed E-state index contributed by atoms with van der Waals surface area (Å²) in [5.41, 5.74) is 3.06. The van der Waals surface area contributed by atoms with E-state index in [0.717, 1.165) is 21.3 Å². The number of rotatable bonds is 1. The second-order valence-corrected chi connectivity index (χ2v) is 3.70. The van der Waals surface area contributed by atoms with Gasteiger partial charge in [-0.2, -0.15) is 5.10 Å². The highest BCUT2D eigenvalue weighted by Crippen LogP contribution is 2.27. The van der Waals surface area contributed by atoms with Gasteiger partial charge in [0, 0.05) is 17.3 Å². The monoisotopic (exact) mass is 202 g/mol. The summed E-state index contributed by atoms with van der Waals surface area (Å²) in [6.07, 6.45) is 3.64. The van der Waals surface area contributed by atoms with Gasteiger partial charge in [-0.05, 0) is 17.6 Å². The predicted molar refractivity (Wildman–Crippen MR) is 55.0 cm³/mol. The van der Waals surface area contributed by atoms with Crippen LogP contribution in [0.5, 0.6) is 0 Å². The fourth-order valence-corrected chi connectivity index (χ4v) is 2.02. The Bertz CT molecular complexity index is 555. The lowest BCUT2D eigenvalue weighted by Crippen LogP contribution is -1.77. The van der Waals surface area contributed by atoms with Gasteiger partial charge in [-0.1, -0.05) is 16.6 Å². The molecule has 0 saturated heterocycles. The van der Waals surface area contributed by atoms with Crippen molar-refractivity contribution in [3.8, 4) is 11.1 Å². The van der Waals surface area contributed by atoms with E-state index in [1.165, 1.54) is 11.5 Å². The van der Waals surface area contributed by atoms with Crippen LogP contribution >= 0.6 is 11.5 Å². The van der Waals surface area contributed by atoms with Gasteiger partial charge in [0.05, 0.1) is 10.9 Å². The molecular formula is C9H6N4S. The molecule has 68 valence electrons. The summed E-state index contributed by atoms with van der Waals surface area (Å²) in [6.45, 7) is 0. The molecule has 0 atom stereocenters. The number of H-pyrrole nitrogens is 1. The van der Waals surface area contributed by atoms with E-state index in [2.05, 4.69) is 19.8 Å². The molecule has 0 spiro atoms. The number of hydrogen-bond donors (Lipinski definition) is 1. The quantitative estimate of drug-likeness (QED) is 0.657. The van der Waals surface area contributed by atoms with Crippen LogP contribution in [0, 0.1) is 0 Å². The van der Waals surface area contributed by atoms with Gasteiger partial charge >= 0.3 is 0 Å². The summed E-state index contributed by atoms with van der Waals surface area (Å²) in [7, 11) is 0. The third-order valence-corrected chi connectivity index (χ3v) is 2.78. The smallest absolute Gasteiger partial charge is 0.113 e. The van der Waals surface area contributed by atoms with Gasteiger partial charge < -0.3 is 0 Å². The van der Waals surface area contributed by atoms with Crippen molar-refractivity contribution in [3.05, 3.63) is 30.6 Å². The second-order valence-electron chi connectivity index (χ2n) is 2.91. The Morgan fingerprint density at radius 3 is 3.14 bits per heavy atom. The van der Waals surface area contributed by atoms with Gasteiger partial charge in [0.15, 0.2) is 0 Å². The van der Waals surface area contributed by atoms with Crippen LogP contribution in [0.2, 0.25) is 0 Å². The van der Waals surface area contributed by atoms with E-state index in [0.29, 0.717) is 0 Å². The van der Waals surface area contributed by atoms with E-state index < -0.39 is 0 Å². The van der Waals surface area contributed by atoms with Crippen molar-refractivity contribution >= 4 is 21.7 Å². The van der Waals surface area contributed by atoms with Crippen LogP contribution in [-0.2, 0) is 0 Å². The number of nitrogens with one attached hydrogen (secondary N) is 1. The van der Waals surface area contributed by atoms with E-state index in [4.69, 9.17) is 0 Å². The molecule has 0 aliphatic heterocycles. The summed E-state index contributed by atoms with van der Waals surface area (Å²) in [5, 5.41) is 10.8. The Balaban J connectivity index is 2.36. The van der Waals surface area contributed by atoms with Crippen molar-refractivity contribution in [2.24, 2.45) is 0 Å². The molecule has 0 bridgehead atoms. The van der Waals surface area contributed by atoms with Crippen LogP contribution in [0.25, 0.3) is 21.3 Å². The predicted octanol–water partition coefficient (Wildman–Crippen LogP) is 2.08. The maximum Gasteiger partial charge on any atom is 0.113 e. The molecule has 0 unspecified atom stereocenters. The maximum atomic E-state index is 4.10. The lowest BCUT2D eigenvalue weighted by molar-refractivity contribution is 1.09. The standard InChI is InChI=1S/C9H6N4S/c1-2-7(6-4-10-11-5-6)9-8(3-1)14-13-12-9/h1-5H,(H,10,11). The van der Waals surface area contributed by atoms with Gasteiger partial charge in [-0.3, -0.25) is 5.10 Å². The SMILES string of the molecule is c1cc(-c2cn[nH]c2)c2nnsc2c1. The average molecular weight is 202 g/mol. The Kier molecular flexibility index (Phi) is 1.57. The lowest BCUT2D eigenvalue weighted by Gasteiger charge is -1.95. The average Bonchev–Trinajstić information content (AvgIpc) is 2.88. The van der Waals surface area contributed by atoms with Crippen molar-refractivity contribution < 1.29 is 0 Å². The van der Waals surface area contributed by atoms with Gasteiger partial charge in [0.2, 0.25) is 0 Å². The fourth-order valence-electron chi connectivity index (χ4n) is 1.44. The lowest BCUT2D eigenvalue weighted by atomic mass is 10.1. The molecule has 4 nitrogen and oxygen atoms in total. The number of aromatic nitrogens is 4. The molecule has 0 saturated carbocycles. The van der Waals surface area contributed by atoms with Gasteiger partial charge in [-0.15, -0.1) is 5.10 Å². The molecule has 2 aromatic heterocycles. The number of hydrogen-bond acceptors (Lipinski definition) is 4. The van der Waals surface area contributed by atoms with Crippen molar-refractivity contribution in [2.45, 2.75) is 0 Å². The zero-order valence-corrected chi connectivity index (χ0v) is 7.95. The zero-order chi connectivity index (χ0) is 9.38. The highest BCUT2D eigenvalue weighted by atomic mass is 32.1. The van der Waals surface area contributed by atoms with Crippen molar-refractivity contribution in [1.82, 2.24) is 19.8 Å². The van der Waals surface area contributed by atoms with E-state index in [9.17, 15) is 0 Å². The number of nitrogens with zero attached hydrogens (tertiary/aromatic N) is 3. The van der Waals surface area contributed by atoms with Gasteiger partial charge in [0.1, 0.15) is 5.52 Å². The van der Waals surface area contributed by atoms with Crippen LogP contribution in [0.15, 0.2) is 30.6 Å². The first kappa shape index (κ1) is 7.64. The molecule has 2 heterocycles. The molecule has 0 fully saturated rings. The minimum atomic E-state index is 0.943. The first-order chi connectivity index (χ1) is 6.95. The number of fused-ring (bicyclic) bond motifs is 1. The molecule has 1 N–H and O–H groups in total. The fraction of sp³-hybridized carbons (Fsp3) is 0. The van der Waals surface area contributed by atoms with Crippen molar-refractivity contribution in [3.63, 3.8) is 0 Å². The van der Waals surface area contributed by atoms with E-state index in [1.54, 1.807) is 6.20 Å². The minimum Gasteiger partial charge on any atom is -0.285 e. The Hall–Kier alpha value is -1.75. The van der Waals surface area contributed by atoms with Crippen LogP contribution < -0.4 is 0 Å². The minimum absolute atomic E-state index is 0.943. The summed E-state index contributed by atoms with van der Waals surface area (Å²) < 4.78 is 5.03. The third kappa shape index (κ3) is 1.03. The molecule has 0 aliphatic carbocycles. The molecular weight excluding hydrogens is 196 g/mol. The Morgan fingerprint density at radius 1 is 1.29 bits per heavy atom. The van der Waals surface area contributed by atoms with Crippen molar-refractivity contribution in [2.75, 3.05) is 0 Å². The van der Waals surface area contributed by atoms with Gasteiger partial charge in [0.25, 0.3) is 0 Å². The highest BCUT2D eigenvalue weighted by Gasteiger charge is 2.06. The van der Waals surface area contributed by atoms with Crippen LogP contribution in [0.3, 0.4) is 0 Å². The maximum absolute atomic E-state index is 4.10. The highest BCUT2D eigenvalue weighted by molar-refractivity contribution is 7.13. The molecule has 0 radical (unpaired) electrons. The summed E-state index contributed by atoms with van der Waals surface area (Å²) in [4.78, 5) is 0. The van der Waals surface area contributed by atoms with Crippen LogP contribution in [0.4, 0.5) is 0 Å². The second kappa shape index (κ2) is 2.88. The molecule has 0 amide bonds.